The smallest absolute Gasteiger partial charge is 0.263 e. The molecule has 0 bridgehead atoms. The summed E-state index contributed by atoms with van der Waals surface area (Å²) < 4.78 is 44.9. The maximum absolute atomic E-state index is 14.0. The second kappa shape index (κ2) is 44.0. The van der Waals surface area contributed by atoms with Gasteiger partial charge in [0.15, 0.2) is 0 Å². The third kappa shape index (κ3) is 23.1. The minimum absolute atomic E-state index is 0.101. The molecule has 18 N–H and O–H groups in total. The zero-order valence-corrected chi connectivity index (χ0v) is 80.4. The highest BCUT2D eigenvalue weighted by Gasteiger charge is 2.26. The van der Waals surface area contributed by atoms with E-state index in [1.807, 2.05) is 108 Å². The Labute approximate surface area is 801 Å². The van der Waals surface area contributed by atoms with Gasteiger partial charge in [0, 0.05) is 93.5 Å². The number of nitrogens with two attached hydrogens (primary N) is 6. The number of anilines is 6. The second-order valence-electron chi connectivity index (χ2n) is 30.5. The van der Waals surface area contributed by atoms with Gasteiger partial charge < -0.3 is 71.0 Å². The van der Waals surface area contributed by atoms with E-state index in [1.54, 1.807) is 119 Å². The molecule has 0 radical (unpaired) electrons. The fraction of sp³-hybridized carbons (Fsp3) is 0.172. The topological polar surface area (TPSA) is 537 Å². The number of fused-ring (bicyclic) bond motifs is 6. The van der Waals surface area contributed by atoms with Gasteiger partial charge in [0.05, 0.1) is 89.1 Å². The first kappa shape index (κ1) is 98.2. The van der Waals surface area contributed by atoms with Crippen molar-refractivity contribution in [1.82, 2.24) is 103 Å². The molecule has 5 aromatic carbocycles. The fourth-order valence-electron chi connectivity index (χ4n) is 13.3. The molecule has 0 saturated heterocycles. The highest BCUT2D eigenvalue weighted by molar-refractivity contribution is 7.99. The van der Waals surface area contributed by atoms with Crippen molar-refractivity contribution < 1.29 is 46.5 Å². The van der Waals surface area contributed by atoms with Crippen molar-refractivity contribution in [2.24, 2.45) is 0 Å². The number of hydrogen-bond acceptors (Lipinski definition) is 34. The summed E-state index contributed by atoms with van der Waals surface area (Å²) in [5, 5.41) is 69.2. The predicted octanol–water partition coefficient (Wildman–Crippen LogP) is 14.5. The van der Waals surface area contributed by atoms with E-state index in [4.69, 9.17) is 39.1 Å². The molecule has 13 heterocycles. The summed E-state index contributed by atoms with van der Waals surface area (Å²) in [6.45, 7) is 16.5. The largest absolute Gasteiger partial charge is 0.497 e. The molecule has 1 unspecified atom stereocenters. The second-order valence-corrected chi connectivity index (χ2v) is 38.9. The van der Waals surface area contributed by atoms with E-state index in [9.17, 15) is 41.8 Å². The molecular formula is C93H90F2N26O8S7. The van der Waals surface area contributed by atoms with Gasteiger partial charge in [-0.3, -0.25) is 33.0 Å². The molecule has 0 spiro atoms. The van der Waals surface area contributed by atoms with Gasteiger partial charge in [0.2, 0.25) is 0 Å². The average molecular weight is 1960 g/mol. The zero-order valence-electron chi connectivity index (χ0n) is 74.7. The molecule has 18 rings (SSSR count). The van der Waals surface area contributed by atoms with Crippen LogP contribution in [-0.2, 0) is 48.8 Å². The lowest BCUT2D eigenvalue weighted by atomic mass is 10.1. The van der Waals surface area contributed by atoms with Crippen molar-refractivity contribution in [1.29, 1.82) is 0 Å². The number of methoxy groups -OCH3 is 1. The van der Waals surface area contributed by atoms with Crippen molar-refractivity contribution in [2.45, 2.75) is 99.6 Å². The molecule has 18 aromatic rings. The highest BCUT2D eigenvalue weighted by atomic mass is 32.2. The van der Waals surface area contributed by atoms with Crippen molar-refractivity contribution >= 4 is 214 Å². The Bertz CT molecular complexity index is 7630. The number of nitrogen functional groups attached to an aromatic ring is 6. The van der Waals surface area contributed by atoms with Gasteiger partial charge in [-0.25, -0.2) is 18.7 Å². The van der Waals surface area contributed by atoms with E-state index in [1.165, 1.54) is 80.5 Å². The Kier molecular flexibility index (Phi) is 31.8. The Balaban J connectivity index is 0.000000138. The molecule has 34 nitrogen and oxygen atoms in total. The number of nitrogens with one attached hydrogen (secondary N) is 6. The predicted molar refractivity (Wildman–Crippen MR) is 536 cm³/mol. The van der Waals surface area contributed by atoms with Crippen LogP contribution < -0.4 is 71.0 Å². The molecule has 0 aliphatic rings. The summed E-state index contributed by atoms with van der Waals surface area (Å²) in [6, 6.07) is 41.6. The van der Waals surface area contributed by atoms with Crippen LogP contribution in [0, 0.1) is 67.0 Å². The van der Waals surface area contributed by atoms with Gasteiger partial charge in [-0.15, -0.1) is 98.6 Å². The molecule has 0 saturated carbocycles. The maximum Gasteiger partial charge on any atom is 0.263 e. The Morgan fingerprint density at radius 3 is 1.02 bits per heavy atom. The lowest BCUT2D eigenvalue weighted by Crippen LogP contribution is -2.23. The number of nitrogens with zero attached hydrogens (tertiary/aromatic N) is 14. The van der Waals surface area contributed by atoms with E-state index in [0.29, 0.717) is 151 Å². The molecule has 0 fully saturated rings. The van der Waals surface area contributed by atoms with Crippen LogP contribution in [0.1, 0.15) is 136 Å². The standard InChI is InChI=1S/C17H17FN4OS.C17H18N4O2S.C16H16N4O2S2.C15H13FN4OS.C14H14N6OS.C14H12N4OS/c1-8-5-4-6-11(13(8)18)7-20-16(23)15-14(19)12-9(2)10(3)21-22-17(12)24-15;1-9-10(2)20-21-17-13(9)14(18)15(24-17)16(22)19-8-11-4-6-12(23-3)7-5-11;1-24(2,22)11-5-3-10(4-6-11)9-18-15(21)14-13(17)12-7-8-19-20-16(12)23-14;1-8-3-2-4-9(11(8)16)7-18-14(21)13-12(17)10-5-6-19-20-15(10)22-13;1-7-8(2)19-20-14-10(7)11(15)12(22-14)13(21)17-5-9-3-4-16-6-18-9;15-11-10-6-7-17-18-14(10)20-12(11)13(19)16-8-9-4-2-1-3-5-9/h4-6H,7,19H2,1-3H3,(H,20,23);4-7H,8,18H2,1-3H3,(H,19,22);3-8H,1,9,17H2,2H3,(H,18,21);2-6H,7,17H2,1H3,(H,18,21);3-4,6H,5,15H2,1-2H3,(H,17,21);1-7H,8,15H2,(H,16,19). The van der Waals surface area contributed by atoms with E-state index >= 15 is 0 Å². The number of aryl methyl sites for hydroxylation is 8. The molecular weight excluding hydrogens is 1870 g/mol. The summed E-state index contributed by atoms with van der Waals surface area (Å²) >= 11 is 7.35. The summed E-state index contributed by atoms with van der Waals surface area (Å²) in [5.74, 6) is 2.25. The Hall–Kier alpha value is -15.3. The zero-order chi connectivity index (χ0) is 97.3. The number of benzene rings is 5. The van der Waals surface area contributed by atoms with Crippen molar-refractivity contribution in [3.63, 3.8) is 0 Å². The van der Waals surface area contributed by atoms with Crippen LogP contribution in [-0.4, -0.2) is 130 Å². The first-order chi connectivity index (χ1) is 65.2. The van der Waals surface area contributed by atoms with Gasteiger partial charge in [0.1, 0.15) is 82.0 Å². The van der Waals surface area contributed by atoms with E-state index in [2.05, 4.69) is 109 Å². The Morgan fingerprint density at radius 2 is 0.691 bits per heavy atom. The molecule has 696 valence electrons. The van der Waals surface area contributed by atoms with Gasteiger partial charge in [-0.1, -0.05) is 91.0 Å². The monoisotopic (exact) mass is 1960 g/mol. The molecule has 0 aliphatic heterocycles. The highest BCUT2D eigenvalue weighted by Crippen LogP contribution is 2.40. The van der Waals surface area contributed by atoms with Crippen molar-refractivity contribution in [2.75, 3.05) is 47.8 Å². The van der Waals surface area contributed by atoms with Gasteiger partial charge in [-0.2, -0.15) is 30.6 Å². The van der Waals surface area contributed by atoms with Crippen LogP contribution in [0.5, 0.6) is 5.75 Å². The number of halogens is 2. The number of hydrogen-bond donors (Lipinski definition) is 12. The molecule has 13 aromatic heterocycles. The minimum atomic E-state index is -2.23. The first-order valence-electron chi connectivity index (χ1n) is 41.2. The fourth-order valence-corrected chi connectivity index (χ4v) is 19.9. The molecule has 1 atom stereocenters. The minimum Gasteiger partial charge on any atom is -0.497 e. The van der Waals surface area contributed by atoms with Gasteiger partial charge in [-0.05, 0) is 164 Å². The third-order valence-electron chi connectivity index (χ3n) is 21.2. The van der Waals surface area contributed by atoms with Crippen LogP contribution in [0.15, 0.2) is 176 Å². The quantitative estimate of drug-likeness (QED) is 0.0315. The summed E-state index contributed by atoms with van der Waals surface area (Å²) in [5.41, 5.74) is 49.9. The number of carbonyl (C=O) groups is 6. The number of thiophene rings is 6. The van der Waals surface area contributed by atoms with Crippen LogP contribution in [0.2, 0.25) is 0 Å². The van der Waals surface area contributed by atoms with Gasteiger partial charge >= 0.3 is 0 Å². The van der Waals surface area contributed by atoms with Crippen LogP contribution >= 0.6 is 68.0 Å². The van der Waals surface area contributed by atoms with Gasteiger partial charge in [0.25, 0.3) is 35.4 Å². The van der Waals surface area contributed by atoms with E-state index in [-0.39, 0.29) is 60.2 Å². The number of ether oxygens (including phenoxy) is 1. The summed E-state index contributed by atoms with van der Waals surface area (Å²) in [4.78, 5) is 89.1. The third-order valence-corrected chi connectivity index (χ3v) is 29.0. The Morgan fingerprint density at radius 1 is 0.368 bits per heavy atom. The maximum atomic E-state index is 14.0. The molecule has 6 amide bonds. The molecule has 136 heavy (non-hydrogen) atoms. The number of amides is 6. The number of rotatable bonds is 20. The van der Waals surface area contributed by atoms with Crippen molar-refractivity contribution in [3.8, 4) is 5.75 Å². The van der Waals surface area contributed by atoms with E-state index < -0.39 is 9.52 Å². The number of aromatic nitrogens is 14. The SMILES string of the molecule is C=S(C)(=O)c1ccc(CNC(=O)c2sc3nnccc3c2N)cc1.COc1ccc(CNC(=O)c2sc3nnc(C)c(C)c3c2N)cc1.Cc1cccc(CNC(=O)c2sc3nnc(C)c(C)c3c2N)c1F.Cc1cccc(CNC(=O)c2sc3nnccc3c2N)c1F.Cc1nnc2sc(C(=O)NCc3ccncn3)c(N)c2c1C.Nc1c(C(=O)NCc2ccccc2)sc2nnccc12. The average Bonchev–Trinajstić information content (AvgIpc) is 1.64. The lowest BCUT2D eigenvalue weighted by molar-refractivity contribution is 0.0947. The van der Waals surface area contributed by atoms with E-state index in [0.717, 1.165) is 88.8 Å². The molecule has 43 heteroatoms. The summed E-state index contributed by atoms with van der Waals surface area (Å²) in [6.07, 6.45) is 9.30. The normalized spacial score (nSPS) is 11.3. The van der Waals surface area contributed by atoms with Crippen molar-refractivity contribution in [3.05, 3.63) is 290 Å². The summed E-state index contributed by atoms with van der Waals surface area (Å²) in [7, 11) is -0.611. The van der Waals surface area contributed by atoms with Crippen LogP contribution in [0.25, 0.3) is 61.3 Å². The van der Waals surface area contributed by atoms with Crippen LogP contribution in [0.3, 0.4) is 0 Å². The lowest BCUT2D eigenvalue weighted by Gasteiger charge is -2.07. The van der Waals surface area contributed by atoms with Crippen LogP contribution in [0.4, 0.5) is 42.9 Å². The number of carbonyl (C=O) groups excluding carboxylic acids is 6. The molecule has 0 aliphatic carbocycles. The first-order valence-corrected chi connectivity index (χ1v) is 48.3.